The number of carbonyl (C=O) groups is 1. The normalized spacial score (nSPS) is 26.2. The van der Waals surface area contributed by atoms with Crippen LogP contribution in [-0.4, -0.2) is 34.6 Å². The molecule has 1 fully saturated rings. The maximum Gasteiger partial charge on any atom is 0.333 e. The van der Waals surface area contributed by atoms with Crippen molar-refractivity contribution >= 4 is 16.2 Å². The fraction of sp³-hybridized carbons (Fsp3) is 0.727. The highest BCUT2D eigenvalue weighted by Crippen LogP contribution is 2.24. The Morgan fingerprint density at radius 1 is 1.60 bits per heavy atom. The van der Waals surface area contributed by atoms with Crippen LogP contribution in [0.3, 0.4) is 0 Å². The third-order valence-electron chi connectivity index (χ3n) is 2.76. The van der Waals surface area contributed by atoms with Gasteiger partial charge in [-0.3, -0.25) is 0 Å². The van der Waals surface area contributed by atoms with Crippen molar-refractivity contribution in [2.24, 2.45) is 0 Å². The molecule has 0 amide bonds. The number of hydrogen-bond acceptors (Lipinski definition) is 3. The van der Waals surface area contributed by atoms with E-state index in [2.05, 4.69) is 6.58 Å². The molecule has 1 aliphatic rings. The van der Waals surface area contributed by atoms with Crippen LogP contribution in [0.15, 0.2) is 12.2 Å². The molecule has 1 unspecified atom stereocenters. The van der Waals surface area contributed by atoms with Gasteiger partial charge in [-0.05, 0) is 26.2 Å². The standard InChI is InChI=1S/C11H20O3Si/c1-9(2)10(12)13-8-6-11(15)5-3-4-7-14-11/h1,3-8H2,2,15H3. The fourth-order valence-corrected chi connectivity index (χ4v) is 2.43. The second-order valence-corrected chi connectivity index (χ2v) is 6.24. The highest BCUT2D eigenvalue weighted by Gasteiger charge is 2.27. The second kappa shape index (κ2) is 5.46. The molecule has 0 radical (unpaired) electrons. The summed E-state index contributed by atoms with van der Waals surface area (Å²) in [5, 5.41) is 0.0353. The molecular weight excluding hydrogens is 208 g/mol. The van der Waals surface area contributed by atoms with Crippen molar-refractivity contribution in [3.05, 3.63) is 12.2 Å². The van der Waals surface area contributed by atoms with Crippen LogP contribution in [0.4, 0.5) is 0 Å². The first-order chi connectivity index (χ1) is 7.03. The van der Waals surface area contributed by atoms with Crippen molar-refractivity contribution < 1.29 is 14.3 Å². The Balaban J connectivity index is 2.24. The van der Waals surface area contributed by atoms with Gasteiger partial charge in [0.2, 0.25) is 0 Å². The van der Waals surface area contributed by atoms with E-state index in [1.807, 2.05) is 0 Å². The SMILES string of the molecule is C=C(C)C(=O)OCCC1([SiH3])CCCCO1. The van der Waals surface area contributed by atoms with E-state index in [-0.39, 0.29) is 11.2 Å². The molecule has 1 saturated heterocycles. The predicted molar refractivity (Wildman–Crippen MR) is 62.9 cm³/mol. The summed E-state index contributed by atoms with van der Waals surface area (Å²) in [6.45, 7) is 6.52. The number of hydrogen-bond donors (Lipinski definition) is 0. The number of carbonyl (C=O) groups excluding carboxylic acids is 1. The maximum atomic E-state index is 11.1. The first-order valence-corrected chi connectivity index (χ1v) is 6.50. The molecule has 0 aliphatic carbocycles. The largest absolute Gasteiger partial charge is 0.462 e. The van der Waals surface area contributed by atoms with Crippen molar-refractivity contribution in [1.29, 1.82) is 0 Å². The summed E-state index contributed by atoms with van der Waals surface area (Å²) >= 11 is 0. The summed E-state index contributed by atoms with van der Waals surface area (Å²) in [5.74, 6) is -0.295. The lowest BCUT2D eigenvalue weighted by Crippen LogP contribution is -2.38. The van der Waals surface area contributed by atoms with Crippen LogP contribution >= 0.6 is 0 Å². The lowest BCUT2D eigenvalue weighted by atomic mass is 10.1. The first kappa shape index (κ1) is 12.5. The fourth-order valence-electron chi connectivity index (χ4n) is 1.67. The van der Waals surface area contributed by atoms with Gasteiger partial charge in [0, 0.05) is 28.8 Å². The van der Waals surface area contributed by atoms with Crippen molar-refractivity contribution in [2.75, 3.05) is 13.2 Å². The van der Waals surface area contributed by atoms with Crippen LogP contribution < -0.4 is 0 Å². The van der Waals surface area contributed by atoms with Crippen molar-refractivity contribution in [3.63, 3.8) is 0 Å². The minimum absolute atomic E-state index is 0.0353. The zero-order valence-corrected chi connectivity index (χ0v) is 11.7. The Bertz CT molecular complexity index is 244. The molecule has 15 heavy (non-hydrogen) atoms. The van der Waals surface area contributed by atoms with E-state index in [4.69, 9.17) is 9.47 Å². The number of ether oxygens (including phenoxy) is 2. The molecule has 4 heteroatoms. The van der Waals surface area contributed by atoms with Crippen LogP contribution in [0.25, 0.3) is 0 Å². The zero-order chi connectivity index (χ0) is 11.3. The van der Waals surface area contributed by atoms with E-state index in [1.54, 1.807) is 6.92 Å². The minimum atomic E-state index is -0.295. The summed E-state index contributed by atoms with van der Waals surface area (Å²) in [5.41, 5.74) is 0.460. The smallest absolute Gasteiger partial charge is 0.333 e. The molecule has 1 heterocycles. The molecule has 1 atom stereocenters. The Morgan fingerprint density at radius 3 is 2.87 bits per heavy atom. The third-order valence-corrected chi connectivity index (χ3v) is 4.05. The van der Waals surface area contributed by atoms with E-state index in [0.29, 0.717) is 12.2 Å². The molecular formula is C11H20O3Si. The second-order valence-electron chi connectivity index (χ2n) is 4.42. The van der Waals surface area contributed by atoms with E-state index in [0.717, 1.165) is 36.1 Å². The zero-order valence-electron chi connectivity index (χ0n) is 9.67. The quantitative estimate of drug-likeness (QED) is 0.405. The lowest BCUT2D eigenvalue weighted by molar-refractivity contribution is -0.140. The van der Waals surface area contributed by atoms with Gasteiger partial charge < -0.3 is 9.47 Å². The van der Waals surface area contributed by atoms with Crippen LogP contribution in [0, 0.1) is 0 Å². The van der Waals surface area contributed by atoms with Crippen LogP contribution in [-0.2, 0) is 14.3 Å². The van der Waals surface area contributed by atoms with Gasteiger partial charge in [-0.25, -0.2) is 4.79 Å². The number of rotatable bonds is 4. The van der Waals surface area contributed by atoms with Crippen LogP contribution in [0.5, 0.6) is 0 Å². The number of esters is 1. The van der Waals surface area contributed by atoms with Gasteiger partial charge in [-0.2, -0.15) is 0 Å². The summed E-state index contributed by atoms with van der Waals surface area (Å²) < 4.78 is 10.8. The van der Waals surface area contributed by atoms with Crippen LogP contribution in [0.2, 0.25) is 0 Å². The van der Waals surface area contributed by atoms with Gasteiger partial charge in [-0.15, -0.1) is 0 Å². The monoisotopic (exact) mass is 228 g/mol. The topological polar surface area (TPSA) is 35.5 Å². The first-order valence-electron chi connectivity index (χ1n) is 5.50. The highest BCUT2D eigenvalue weighted by atomic mass is 28.1. The van der Waals surface area contributed by atoms with Crippen molar-refractivity contribution in [1.82, 2.24) is 0 Å². The van der Waals surface area contributed by atoms with Crippen molar-refractivity contribution in [2.45, 2.75) is 37.8 Å². The Morgan fingerprint density at radius 2 is 2.33 bits per heavy atom. The summed E-state index contributed by atoms with van der Waals surface area (Å²) in [7, 11) is 1.00. The Labute approximate surface area is 94.3 Å². The summed E-state index contributed by atoms with van der Waals surface area (Å²) in [4.78, 5) is 11.1. The molecule has 0 aromatic rings. The van der Waals surface area contributed by atoms with Crippen LogP contribution in [0.1, 0.15) is 32.6 Å². The van der Waals surface area contributed by atoms with Gasteiger partial charge in [0.05, 0.1) is 11.8 Å². The molecule has 0 aromatic carbocycles. The van der Waals surface area contributed by atoms with E-state index >= 15 is 0 Å². The molecule has 1 rings (SSSR count). The predicted octanol–water partition coefficient (Wildman–Crippen LogP) is 0.758. The van der Waals surface area contributed by atoms with Gasteiger partial charge in [0.1, 0.15) is 0 Å². The highest BCUT2D eigenvalue weighted by molar-refractivity contribution is 6.14. The molecule has 1 aliphatic heterocycles. The van der Waals surface area contributed by atoms with Crippen molar-refractivity contribution in [3.8, 4) is 0 Å². The lowest BCUT2D eigenvalue weighted by Gasteiger charge is -2.33. The molecule has 0 bridgehead atoms. The third kappa shape index (κ3) is 4.18. The molecule has 0 aromatic heterocycles. The Kier molecular flexibility index (Phi) is 4.54. The average Bonchev–Trinajstić information content (AvgIpc) is 2.18. The molecule has 0 N–H and O–H groups in total. The van der Waals surface area contributed by atoms with Gasteiger partial charge in [-0.1, -0.05) is 6.58 Å². The summed E-state index contributed by atoms with van der Waals surface area (Å²) in [6.07, 6.45) is 4.34. The maximum absolute atomic E-state index is 11.1. The Hall–Kier alpha value is -0.613. The molecule has 0 spiro atoms. The molecule has 0 saturated carbocycles. The van der Waals surface area contributed by atoms with Gasteiger partial charge in [0.15, 0.2) is 0 Å². The minimum Gasteiger partial charge on any atom is -0.462 e. The van der Waals surface area contributed by atoms with E-state index in [9.17, 15) is 4.79 Å². The molecule has 86 valence electrons. The van der Waals surface area contributed by atoms with E-state index in [1.165, 1.54) is 6.42 Å². The van der Waals surface area contributed by atoms with Gasteiger partial charge >= 0.3 is 5.97 Å². The van der Waals surface area contributed by atoms with Gasteiger partial charge in [0.25, 0.3) is 0 Å². The average molecular weight is 228 g/mol. The molecule has 3 nitrogen and oxygen atoms in total. The van der Waals surface area contributed by atoms with E-state index < -0.39 is 0 Å². The summed E-state index contributed by atoms with van der Waals surface area (Å²) in [6, 6.07) is 0.